The van der Waals surface area contributed by atoms with Gasteiger partial charge in [-0.15, -0.1) is 0 Å². The van der Waals surface area contributed by atoms with Gasteiger partial charge in [-0.2, -0.15) is 13.2 Å². The molecule has 2 atom stereocenters. The van der Waals surface area contributed by atoms with Crippen LogP contribution in [0.4, 0.5) is 18.9 Å². The summed E-state index contributed by atoms with van der Waals surface area (Å²) in [5.41, 5.74) is 8.22. The number of para-hydroxylation sites is 1. The van der Waals surface area contributed by atoms with E-state index in [1.165, 1.54) is 5.56 Å². The topological polar surface area (TPSA) is 101 Å². The fourth-order valence-electron chi connectivity index (χ4n) is 3.52. The van der Waals surface area contributed by atoms with Gasteiger partial charge in [0.1, 0.15) is 5.78 Å². The van der Waals surface area contributed by atoms with Gasteiger partial charge in [-0.25, -0.2) is 4.79 Å². The van der Waals surface area contributed by atoms with Crippen LogP contribution >= 0.6 is 0 Å². The molecule has 9 heteroatoms. The van der Waals surface area contributed by atoms with Crippen LogP contribution in [-0.4, -0.2) is 41.5 Å². The first-order valence-corrected chi connectivity index (χ1v) is 10.6. The number of benzene rings is 1. The summed E-state index contributed by atoms with van der Waals surface area (Å²) >= 11 is 0. The second-order valence-corrected chi connectivity index (χ2v) is 8.47. The summed E-state index contributed by atoms with van der Waals surface area (Å²) in [6.07, 6.45) is 2.17. The molecule has 1 aromatic carbocycles. The highest BCUT2D eigenvalue weighted by atomic mass is 19.4. The molecule has 1 aliphatic heterocycles. The van der Waals surface area contributed by atoms with Crippen molar-refractivity contribution in [2.45, 2.75) is 51.7 Å². The Balaban J connectivity index is 0.000000451. The second-order valence-electron chi connectivity index (χ2n) is 8.47. The molecule has 2 aliphatic rings. The van der Waals surface area contributed by atoms with E-state index in [4.69, 9.17) is 15.6 Å². The van der Waals surface area contributed by atoms with Gasteiger partial charge in [0.05, 0.1) is 6.04 Å². The number of carboxylic acid groups (broad SMARTS) is 1. The number of anilines is 1. The molecule has 1 saturated carbocycles. The van der Waals surface area contributed by atoms with Gasteiger partial charge < -0.3 is 15.7 Å². The van der Waals surface area contributed by atoms with E-state index >= 15 is 0 Å². The maximum atomic E-state index is 12.6. The van der Waals surface area contributed by atoms with Crippen LogP contribution in [-0.2, 0) is 20.8 Å². The number of hydrogen-bond acceptors (Lipinski definition) is 4. The first kappa shape index (κ1) is 25.6. The lowest BCUT2D eigenvalue weighted by atomic mass is 9.90. The number of carbonyl (C=O) groups excluding carboxylic acids is 2. The molecule has 3 rings (SSSR count). The SMILES string of the molecule is CC(C)[C@H](N)C(=O)C[C@H](/C=C/C(=O)N1CCc2ccccc21)C1CC1.O=C(O)C(F)(F)F. The molecule has 0 bridgehead atoms. The summed E-state index contributed by atoms with van der Waals surface area (Å²) in [5, 5.41) is 7.12. The van der Waals surface area contributed by atoms with E-state index in [-0.39, 0.29) is 23.5 Å². The number of Topliss-reactive ketones (excluding diaryl/α,β-unsaturated/α-hetero) is 1. The monoisotopic (exact) mass is 454 g/mol. The van der Waals surface area contributed by atoms with Crippen LogP contribution < -0.4 is 10.6 Å². The first-order chi connectivity index (χ1) is 14.9. The van der Waals surface area contributed by atoms with Gasteiger partial charge in [-0.1, -0.05) is 38.1 Å². The van der Waals surface area contributed by atoms with Gasteiger partial charge >= 0.3 is 12.1 Å². The number of halogens is 3. The summed E-state index contributed by atoms with van der Waals surface area (Å²) in [5.74, 6) is -1.82. The maximum absolute atomic E-state index is 12.6. The Kier molecular flexibility index (Phi) is 8.60. The van der Waals surface area contributed by atoms with Crippen LogP contribution in [0.5, 0.6) is 0 Å². The predicted octanol–water partition coefficient (Wildman–Crippen LogP) is 3.73. The summed E-state index contributed by atoms with van der Waals surface area (Å²) in [4.78, 5) is 35.7. The van der Waals surface area contributed by atoms with Crippen LogP contribution in [0.1, 0.15) is 38.7 Å². The fraction of sp³-hybridized carbons (Fsp3) is 0.522. The Morgan fingerprint density at radius 1 is 1.22 bits per heavy atom. The zero-order valence-corrected chi connectivity index (χ0v) is 18.1. The minimum Gasteiger partial charge on any atom is -0.475 e. The fourth-order valence-corrected chi connectivity index (χ4v) is 3.52. The van der Waals surface area contributed by atoms with E-state index in [9.17, 15) is 22.8 Å². The largest absolute Gasteiger partial charge is 0.490 e. The average molecular weight is 454 g/mol. The lowest BCUT2D eigenvalue weighted by Gasteiger charge is -2.18. The predicted molar refractivity (Wildman–Crippen MR) is 114 cm³/mol. The number of nitrogens with two attached hydrogens (primary N) is 1. The number of fused-ring (bicyclic) bond motifs is 1. The number of rotatable bonds is 7. The molecule has 176 valence electrons. The van der Waals surface area contributed by atoms with Crippen molar-refractivity contribution in [2.75, 3.05) is 11.4 Å². The third-order valence-corrected chi connectivity index (χ3v) is 5.64. The van der Waals surface area contributed by atoms with Crippen LogP contribution in [0.3, 0.4) is 0 Å². The molecule has 1 amide bonds. The maximum Gasteiger partial charge on any atom is 0.490 e. The van der Waals surface area contributed by atoms with Gasteiger partial charge in [0.15, 0.2) is 0 Å². The van der Waals surface area contributed by atoms with Gasteiger partial charge in [-0.05, 0) is 54.7 Å². The van der Waals surface area contributed by atoms with E-state index in [2.05, 4.69) is 6.07 Å². The lowest BCUT2D eigenvalue weighted by molar-refractivity contribution is -0.192. The summed E-state index contributed by atoms with van der Waals surface area (Å²) in [6.45, 7) is 4.67. The highest BCUT2D eigenvalue weighted by Gasteiger charge is 2.38. The number of ketones is 1. The second kappa shape index (κ2) is 10.8. The number of hydrogen-bond donors (Lipinski definition) is 2. The van der Waals surface area contributed by atoms with Gasteiger partial charge in [0.25, 0.3) is 5.91 Å². The third kappa shape index (κ3) is 7.19. The number of nitrogens with zero attached hydrogens (tertiary/aromatic N) is 1. The smallest absolute Gasteiger partial charge is 0.475 e. The zero-order valence-electron chi connectivity index (χ0n) is 18.1. The molecule has 1 aliphatic carbocycles. The summed E-state index contributed by atoms with van der Waals surface area (Å²) in [6, 6.07) is 7.64. The van der Waals surface area contributed by atoms with E-state index in [0.717, 1.165) is 31.5 Å². The van der Waals surface area contributed by atoms with E-state index in [1.807, 2.05) is 43.0 Å². The minimum absolute atomic E-state index is 0.0104. The number of carboxylic acids is 1. The number of allylic oxidation sites excluding steroid dienone is 1. The molecule has 1 heterocycles. The van der Waals surface area contributed by atoms with Gasteiger partial charge in [0.2, 0.25) is 0 Å². The molecule has 0 radical (unpaired) electrons. The average Bonchev–Trinajstić information content (AvgIpc) is 3.48. The number of aliphatic carboxylic acids is 1. The Labute approximate surface area is 185 Å². The molecule has 6 nitrogen and oxygen atoms in total. The Morgan fingerprint density at radius 3 is 2.34 bits per heavy atom. The van der Waals surface area contributed by atoms with Crippen LogP contribution in [0.2, 0.25) is 0 Å². The molecular formula is C23H29F3N2O4. The van der Waals surface area contributed by atoms with Crippen molar-refractivity contribution in [3.63, 3.8) is 0 Å². The molecule has 32 heavy (non-hydrogen) atoms. The van der Waals surface area contributed by atoms with Crippen molar-refractivity contribution in [3.8, 4) is 0 Å². The molecule has 1 aromatic rings. The first-order valence-electron chi connectivity index (χ1n) is 10.6. The van der Waals surface area contributed by atoms with Crippen LogP contribution in [0.25, 0.3) is 0 Å². The van der Waals surface area contributed by atoms with Crippen molar-refractivity contribution in [2.24, 2.45) is 23.5 Å². The van der Waals surface area contributed by atoms with E-state index < -0.39 is 18.2 Å². The highest BCUT2D eigenvalue weighted by molar-refractivity contribution is 6.03. The number of amides is 1. The van der Waals surface area contributed by atoms with Crippen molar-refractivity contribution < 1.29 is 32.7 Å². The molecule has 0 unspecified atom stereocenters. The van der Waals surface area contributed by atoms with Crippen molar-refractivity contribution in [1.29, 1.82) is 0 Å². The molecule has 0 aromatic heterocycles. The lowest BCUT2D eigenvalue weighted by Crippen LogP contribution is -2.36. The van der Waals surface area contributed by atoms with Crippen LogP contribution in [0, 0.1) is 17.8 Å². The Morgan fingerprint density at radius 2 is 1.81 bits per heavy atom. The standard InChI is InChI=1S/C21H28N2O2.C2HF3O2/c1-14(2)21(22)19(24)13-17(15-7-8-15)9-10-20(25)23-12-11-16-5-3-4-6-18(16)23;3-2(4,5)1(6)7/h3-6,9-10,14-15,17,21H,7-8,11-13,22H2,1-2H3;(H,6,7)/b10-9+;/t17-,21-;/m0./s1. The molecule has 0 saturated heterocycles. The van der Waals surface area contributed by atoms with Crippen molar-refractivity contribution >= 4 is 23.3 Å². The number of carbonyl (C=O) groups is 3. The highest BCUT2D eigenvalue weighted by Crippen LogP contribution is 2.40. The number of alkyl halides is 3. The van der Waals surface area contributed by atoms with Gasteiger partial charge in [-0.3, -0.25) is 9.59 Å². The quantitative estimate of drug-likeness (QED) is 0.612. The Bertz CT molecular complexity index is 863. The normalized spacial score (nSPS) is 17.5. The van der Waals surface area contributed by atoms with Crippen molar-refractivity contribution in [1.82, 2.24) is 0 Å². The summed E-state index contributed by atoms with van der Waals surface area (Å²) in [7, 11) is 0. The van der Waals surface area contributed by atoms with Crippen LogP contribution in [0.15, 0.2) is 36.4 Å². The molecule has 1 fully saturated rings. The van der Waals surface area contributed by atoms with E-state index in [1.54, 1.807) is 6.08 Å². The summed E-state index contributed by atoms with van der Waals surface area (Å²) < 4.78 is 31.7. The minimum atomic E-state index is -5.08. The van der Waals surface area contributed by atoms with Crippen molar-refractivity contribution in [3.05, 3.63) is 42.0 Å². The Hall–Kier alpha value is -2.68. The molecule has 3 N–H and O–H groups in total. The molecule has 0 spiro atoms. The molecular weight excluding hydrogens is 425 g/mol. The third-order valence-electron chi connectivity index (χ3n) is 5.64. The zero-order chi connectivity index (χ0) is 24.1. The van der Waals surface area contributed by atoms with Gasteiger partial charge in [0, 0.05) is 18.7 Å². The van der Waals surface area contributed by atoms with E-state index in [0.29, 0.717) is 12.3 Å².